The third kappa shape index (κ3) is 3.83. The standard InChI is InChI=1S/C27H30N6S/c1-4-19-13-18(14-25(30-19)33-11-9-32(3)10-12-33)21-6-5-20-22(31-21)7-8-23-26(20)27-24(34-23)16-28-17(2)15-29-27/h4-8,13-14,17,28-29H,1,9-12,15-16H2,2-3H3/t17-/m1/s1. The van der Waals surface area contributed by atoms with Crippen molar-refractivity contribution in [1.82, 2.24) is 20.2 Å². The molecule has 6 nitrogen and oxygen atoms in total. The highest BCUT2D eigenvalue weighted by atomic mass is 32.1. The van der Waals surface area contributed by atoms with Crippen molar-refractivity contribution < 1.29 is 0 Å². The van der Waals surface area contributed by atoms with Gasteiger partial charge in [-0.05, 0) is 56.4 Å². The Morgan fingerprint density at radius 2 is 1.94 bits per heavy atom. The zero-order valence-electron chi connectivity index (χ0n) is 19.8. The lowest BCUT2D eigenvalue weighted by Gasteiger charge is -2.33. The van der Waals surface area contributed by atoms with E-state index in [4.69, 9.17) is 9.97 Å². The van der Waals surface area contributed by atoms with Crippen LogP contribution in [0.2, 0.25) is 0 Å². The quantitative estimate of drug-likeness (QED) is 0.448. The summed E-state index contributed by atoms with van der Waals surface area (Å²) in [6.45, 7) is 12.1. The number of nitrogens with one attached hydrogen (secondary N) is 2. The second kappa shape index (κ2) is 8.65. The third-order valence-electron chi connectivity index (χ3n) is 6.95. The van der Waals surface area contributed by atoms with E-state index in [9.17, 15) is 0 Å². The van der Waals surface area contributed by atoms with Crippen LogP contribution in [-0.4, -0.2) is 60.7 Å². The summed E-state index contributed by atoms with van der Waals surface area (Å²) < 4.78 is 1.31. The topological polar surface area (TPSA) is 56.3 Å². The summed E-state index contributed by atoms with van der Waals surface area (Å²) in [5, 5.41) is 9.79. The summed E-state index contributed by atoms with van der Waals surface area (Å²) in [4.78, 5) is 16.0. The monoisotopic (exact) mass is 470 g/mol. The van der Waals surface area contributed by atoms with Gasteiger partial charge in [0.25, 0.3) is 0 Å². The number of benzene rings is 1. The van der Waals surface area contributed by atoms with Crippen LogP contribution in [0.1, 0.15) is 17.5 Å². The predicted molar refractivity (Wildman–Crippen MR) is 145 cm³/mol. The van der Waals surface area contributed by atoms with Gasteiger partial charge in [0.15, 0.2) is 0 Å². The molecule has 1 saturated heterocycles. The molecule has 6 rings (SSSR count). The second-order valence-corrected chi connectivity index (χ2v) is 10.5. The van der Waals surface area contributed by atoms with Gasteiger partial charge in [-0.15, -0.1) is 11.3 Å². The Kier molecular flexibility index (Phi) is 5.48. The van der Waals surface area contributed by atoms with Gasteiger partial charge in [-0.1, -0.05) is 6.58 Å². The number of pyridine rings is 2. The predicted octanol–water partition coefficient (Wildman–Crippen LogP) is 4.81. The molecule has 1 atom stereocenters. The van der Waals surface area contributed by atoms with E-state index in [1.165, 1.54) is 26.0 Å². The minimum Gasteiger partial charge on any atom is -0.382 e. The van der Waals surface area contributed by atoms with E-state index in [1.807, 2.05) is 17.4 Å². The molecule has 5 heterocycles. The van der Waals surface area contributed by atoms with Gasteiger partial charge in [0.1, 0.15) is 5.82 Å². The smallest absolute Gasteiger partial charge is 0.129 e. The Hall–Kier alpha value is -3.00. The van der Waals surface area contributed by atoms with Crippen LogP contribution in [-0.2, 0) is 6.54 Å². The normalized spacial score (nSPS) is 19.1. The lowest BCUT2D eigenvalue weighted by Crippen LogP contribution is -2.44. The van der Waals surface area contributed by atoms with Gasteiger partial charge in [-0.2, -0.15) is 0 Å². The Morgan fingerprint density at radius 3 is 2.76 bits per heavy atom. The van der Waals surface area contributed by atoms with Crippen molar-refractivity contribution in [1.29, 1.82) is 0 Å². The van der Waals surface area contributed by atoms with Crippen molar-refractivity contribution >= 4 is 49.9 Å². The van der Waals surface area contributed by atoms with E-state index in [2.05, 4.69) is 77.4 Å². The van der Waals surface area contributed by atoms with Gasteiger partial charge >= 0.3 is 0 Å². The molecule has 174 valence electrons. The molecule has 1 aromatic carbocycles. The first-order valence-electron chi connectivity index (χ1n) is 12.0. The minimum atomic E-state index is 0.453. The van der Waals surface area contributed by atoms with Crippen molar-refractivity contribution in [3.8, 4) is 11.3 Å². The molecule has 0 radical (unpaired) electrons. The first-order valence-corrected chi connectivity index (χ1v) is 12.8. The fourth-order valence-corrected chi connectivity index (χ4v) is 6.05. The number of anilines is 2. The number of nitrogens with zero attached hydrogens (tertiary/aromatic N) is 4. The average Bonchev–Trinajstić information content (AvgIpc) is 3.13. The van der Waals surface area contributed by atoms with Crippen LogP contribution in [0.3, 0.4) is 0 Å². The Bertz CT molecular complexity index is 1390. The van der Waals surface area contributed by atoms with E-state index in [0.29, 0.717) is 6.04 Å². The highest BCUT2D eigenvalue weighted by Gasteiger charge is 2.20. The van der Waals surface area contributed by atoms with Crippen LogP contribution >= 0.6 is 11.3 Å². The molecule has 2 aliphatic rings. The molecule has 0 amide bonds. The van der Waals surface area contributed by atoms with Crippen molar-refractivity contribution in [2.24, 2.45) is 0 Å². The molecule has 0 unspecified atom stereocenters. The molecule has 4 aromatic rings. The van der Waals surface area contributed by atoms with Gasteiger partial charge < -0.3 is 20.4 Å². The van der Waals surface area contributed by atoms with Gasteiger partial charge in [0, 0.05) is 71.2 Å². The van der Waals surface area contributed by atoms with Crippen molar-refractivity contribution in [2.75, 3.05) is 50.0 Å². The molecule has 7 heteroatoms. The molecular formula is C27H30N6S. The lowest BCUT2D eigenvalue weighted by molar-refractivity contribution is 0.312. The molecule has 2 aliphatic heterocycles. The number of hydrogen-bond donors (Lipinski definition) is 2. The highest BCUT2D eigenvalue weighted by molar-refractivity contribution is 7.20. The lowest BCUT2D eigenvalue weighted by atomic mass is 10.1. The minimum absolute atomic E-state index is 0.453. The summed E-state index contributed by atoms with van der Waals surface area (Å²) >= 11 is 1.87. The maximum atomic E-state index is 5.11. The zero-order chi connectivity index (χ0) is 23.2. The summed E-state index contributed by atoms with van der Waals surface area (Å²) in [5.41, 5.74) is 5.24. The summed E-state index contributed by atoms with van der Waals surface area (Å²) in [6.07, 6.45) is 1.83. The molecule has 1 fully saturated rings. The number of aromatic nitrogens is 2. The molecule has 0 bridgehead atoms. The molecule has 3 aromatic heterocycles. The van der Waals surface area contributed by atoms with Crippen molar-refractivity contribution in [3.63, 3.8) is 0 Å². The van der Waals surface area contributed by atoms with E-state index in [1.54, 1.807) is 0 Å². The number of likely N-dealkylation sites (N-methyl/N-ethyl adjacent to an activating group) is 1. The number of hydrogen-bond acceptors (Lipinski definition) is 7. The highest BCUT2D eigenvalue weighted by Crippen LogP contribution is 2.41. The number of fused-ring (bicyclic) bond motifs is 5. The van der Waals surface area contributed by atoms with E-state index < -0.39 is 0 Å². The summed E-state index contributed by atoms with van der Waals surface area (Å²) in [6, 6.07) is 13.5. The van der Waals surface area contributed by atoms with E-state index in [0.717, 1.165) is 67.6 Å². The number of thiophene rings is 1. The Morgan fingerprint density at radius 1 is 1.09 bits per heavy atom. The third-order valence-corrected chi connectivity index (χ3v) is 8.11. The summed E-state index contributed by atoms with van der Waals surface area (Å²) in [5.74, 6) is 1.01. The van der Waals surface area contributed by atoms with Gasteiger partial charge in [-0.25, -0.2) is 9.97 Å². The van der Waals surface area contributed by atoms with Crippen molar-refractivity contribution in [3.05, 3.63) is 53.5 Å². The van der Waals surface area contributed by atoms with E-state index >= 15 is 0 Å². The number of rotatable bonds is 3. The van der Waals surface area contributed by atoms with Crippen LogP contribution in [0.15, 0.2) is 43.0 Å². The van der Waals surface area contributed by atoms with Crippen LogP contribution in [0.5, 0.6) is 0 Å². The van der Waals surface area contributed by atoms with Crippen LogP contribution in [0.4, 0.5) is 11.5 Å². The zero-order valence-corrected chi connectivity index (χ0v) is 20.6. The van der Waals surface area contributed by atoms with Gasteiger partial charge in [0.2, 0.25) is 0 Å². The van der Waals surface area contributed by atoms with Crippen LogP contribution in [0.25, 0.3) is 38.3 Å². The first-order chi connectivity index (χ1) is 16.6. The first kappa shape index (κ1) is 21.5. The maximum Gasteiger partial charge on any atom is 0.129 e. The maximum absolute atomic E-state index is 5.11. The van der Waals surface area contributed by atoms with Crippen molar-refractivity contribution in [2.45, 2.75) is 19.5 Å². The van der Waals surface area contributed by atoms with Crippen LogP contribution < -0.4 is 15.5 Å². The van der Waals surface area contributed by atoms with Gasteiger partial charge in [-0.3, -0.25) is 0 Å². The molecule has 0 aliphatic carbocycles. The SMILES string of the molecule is C=Cc1cc(-c2ccc3c(ccc4sc5c(c43)NC[C@@H](C)NC5)n2)cc(N2CCN(C)CC2)n1. The van der Waals surface area contributed by atoms with Crippen LogP contribution in [0, 0.1) is 0 Å². The largest absolute Gasteiger partial charge is 0.382 e. The second-order valence-electron chi connectivity index (χ2n) is 9.40. The summed E-state index contributed by atoms with van der Waals surface area (Å²) in [7, 11) is 2.17. The van der Waals surface area contributed by atoms with Gasteiger partial charge in [0.05, 0.1) is 22.6 Å². The fraction of sp³-hybridized carbons (Fsp3) is 0.333. The fourth-order valence-electron chi connectivity index (χ4n) is 4.90. The molecule has 0 saturated carbocycles. The Labute approximate surface area is 204 Å². The average molecular weight is 471 g/mol. The number of piperazine rings is 1. The molecule has 2 N–H and O–H groups in total. The van der Waals surface area contributed by atoms with E-state index in [-0.39, 0.29) is 0 Å². The molecule has 34 heavy (non-hydrogen) atoms. The molecule has 0 spiro atoms. The Balaban J connectivity index is 1.43. The molecular weight excluding hydrogens is 440 g/mol.